The monoisotopic (exact) mass is 396 g/mol. The van der Waals surface area contributed by atoms with Crippen LogP contribution in [0.2, 0.25) is 5.02 Å². The number of ether oxygens (including phenoxy) is 2. The van der Waals surface area contributed by atoms with Gasteiger partial charge in [0, 0.05) is 18.0 Å². The van der Waals surface area contributed by atoms with E-state index >= 15 is 0 Å². The number of nitrogens with one attached hydrogen (secondary N) is 2. The second kappa shape index (κ2) is 9.67. The lowest BCUT2D eigenvalue weighted by molar-refractivity contribution is -0.121. The minimum Gasteiger partial charge on any atom is -0.486 e. The molecule has 0 aliphatic carbocycles. The molecule has 2 N–H and O–H groups in total. The van der Waals surface area contributed by atoms with E-state index in [2.05, 4.69) is 10.6 Å². The highest BCUT2D eigenvalue weighted by Gasteiger charge is 2.22. The van der Waals surface area contributed by atoms with Crippen molar-refractivity contribution in [1.82, 2.24) is 10.6 Å². The van der Waals surface area contributed by atoms with Crippen molar-refractivity contribution in [3.63, 3.8) is 0 Å². The lowest BCUT2D eigenvalue weighted by Gasteiger charge is -2.24. The van der Waals surface area contributed by atoms with Crippen molar-refractivity contribution in [2.45, 2.75) is 12.5 Å². The molecule has 0 radical (unpaired) electrons. The van der Waals surface area contributed by atoms with Gasteiger partial charge >= 0.3 is 0 Å². The zero-order valence-electron chi connectivity index (χ0n) is 14.5. The minimum absolute atomic E-state index is 0. The van der Waals surface area contributed by atoms with Gasteiger partial charge < -0.3 is 20.1 Å². The summed E-state index contributed by atoms with van der Waals surface area (Å²) in [6, 6.07) is 12.9. The smallest absolute Gasteiger partial charge is 0.222 e. The lowest BCUT2D eigenvalue weighted by Crippen LogP contribution is -2.31. The molecular weight excluding hydrogens is 375 g/mol. The number of hydrogen-bond donors (Lipinski definition) is 2. The number of fused-ring (bicyclic) bond motifs is 1. The van der Waals surface area contributed by atoms with Gasteiger partial charge in [-0.1, -0.05) is 35.9 Å². The highest BCUT2D eigenvalue weighted by atomic mass is 35.5. The Balaban J connectivity index is 0.00000243. The molecule has 1 aliphatic rings. The van der Waals surface area contributed by atoms with Crippen molar-refractivity contribution >= 4 is 29.9 Å². The summed E-state index contributed by atoms with van der Waals surface area (Å²) in [6.45, 7) is 1.67. The topological polar surface area (TPSA) is 59.6 Å². The van der Waals surface area contributed by atoms with Crippen molar-refractivity contribution in [2.75, 3.05) is 26.8 Å². The van der Waals surface area contributed by atoms with Gasteiger partial charge in [-0.05, 0) is 36.4 Å². The molecule has 0 saturated heterocycles. The largest absolute Gasteiger partial charge is 0.486 e. The second-order valence-electron chi connectivity index (χ2n) is 5.78. The van der Waals surface area contributed by atoms with E-state index in [-0.39, 0.29) is 24.4 Å². The van der Waals surface area contributed by atoms with Crippen molar-refractivity contribution in [1.29, 1.82) is 0 Å². The third-order valence-corrected chi connectivity index (χ3v) is 4.37. The number of amides is 1. The number of benzene rings is 2. The van der Waals surface area contributed by atoms with E-state index in [0.29, 0.717) is 37.0 Å². The molecule has 0 saturated carbocycles. The lowest BCUT2D eigenvalue weighted by atomic mass is 9.97. The summed E-state index contributed by atoms with van der Waals surface area (Å²) in [5.41, 5.74) is 1.74. The maximum absolute atomic E-state index is 12.3. The molecule has 0 spiro atoms. The van der Waals surface area contributed by atoms with E-state index in [1.54, 1.807) is 0 Å². The molecule has 1 amide bonds. The Labute approximate surface area is 164 Å². The van der Waals surface area contributed by atoms with Crippen LogP contribution in [-0.4, -0.2) is 32.7 Å². The summed E-state index contributed by atoms with van der Waals surface area (Å²) < 4.78 is 11.2. The molecule has 1 atom stereocenters. The first-order valence-electron chi connectivity index (χ1n) is 8.27. The minimum atomic E-state index is -0.353. The van der Waals surface area contributed by atoms with Crippen LogP contribution < -0.4 is 20.1 Å². The fourth-order valence-electron chi connectivity index (χ4n) is 2.76. The van der Waals surface area contributed by atoms with E-state index in [1.807, 2.05) is 49.5 Å². The Morgan fingerprint density at radius 3 is 2.62 bits per heavy atom. The van der Waals surface area contributed by atoms with Gasteiger partial charge in [0.2, 0.25) is 5.91 Å². The van der Waals surface area contributed by atoms with Gasteiger partial charge in [-0.25, -0.2) is 0 Å². The van der Waals surface area contributed by atoms with Gasteiger partial charge in [0.25, 0.3) is 0 Å². The first kappa shape index (κ1) is 20.4. The Hall–Kier alpha value is -1.95. The maximum atomic E-state index is 12.3. The molecule has 140 valence electrons. The molecule has 2 aromatic carbocycles. The Morgan fingerprint density at radius 2 is 1.88 bits per heavy atom. The van der Waals surface area contributed by atoms with Gasteiger partial charge in [0.15, 0.2) is 11.5 Å². The zero-order chi connectivity index (χ0) is 17.6. The Morgan fingerprint density at radius 1 is 1.15 bits per heavy atom. The first-order valence-corrected chi connectivity index (χ1v) is 8.65. The molecule has 5 nitrogen and oxygen atoms in total. The van der Waals surface area contributed by atoms with Gasteiger partial charge in [0.1, 0.15) is 13.2 Å². The Bertz CT molecular complexity index is 755. The maximum Gasteiger partial charge on any atom is 0.222 e. The van der Waals surface area contributed by atoms with Gasteiger partial charge in [-0.15, -0.1) is 12.4 Å². The highest BCUT2D eigenvalue weighted by Crippen LogP contribution is 2.35. The predicted octanol–water partition coefficient (Wildman–Crippen LogP) is 3.35. The molecule has 2 aromatic rings. The van der Waals surface area contributed by atoms with E-state index in [0.717, 1.165) is 16.9 Å². The van der Waals surface area contributed by atoms with E-state index in [9.17, 15) is 4.79 Å². The van der Waals surface area contributed by atoms with Gasteiger partial charge in [0.05, 0.1) is 6.04 Å². The summed E-state index contributed by atoms with van der Waals surface area (Å²) in [5.74, 6) is 1.36. The zero-order valence-corrected chi connectivity index (χ0v) is 16.0. The number of carbonyl (C=O) groups excluding carboxylic acids is 1. The average Bonchev–Trinajstić information content (AvgIpc) is 2.65. The SMILES string of the molecule is CNCCC(=O)NC(c1ccc2c(c1)OCCO2)c1ccccc1Cl.Cl. The van der Waals surface area contributed by atoms with Crippen LogP contribution in [-0.2, 0) is 4.79 Å². The number of carbonyl (C=O) groups is 1. The number of hydrogen-bond acceptors (Lipinski definition) is 4. The van der Waals surface area contributed by atoms with Crippen molar-refractivity contribution in [3.05, 3.63) is 58.6 Å². The van der Waals surface area contributed by atoms with Crippen LogP contribution in [0.15, 0.2) is 42.5 Å². The molecule has 26 heavy (non-hydrogen) atoms. The van der Waals surface area contributed by atoms with Crippen LogP contribution in [0, 0.1) is 0 Å². The summed E-state index contributed by atoms with van der Waals surface area (Å²) in [5, 5.41) is 6.66. The molecule has 0 fully saturated rings. The quantitative estimate of drug-likeness (QED) is 0.785. The van der Waals surface area contributed by atoms with Crippen molar-refractivity contribution in [2.24, 2.45) is 0 Å². The highest BCUT2D eigenvalue weighted by molar-refractivity contribution is 6.31. The standard InChI is InChI=1S/C19H21ClN2O3.ClH/c1-21-9-8-18(23)22-19(14-4-2-3-5-15(14)20)13-6-7-16-17(12-13)25-11-10-24-16;/h2-7,12,19,21H,8-11H2,1H3,(H,22,23);1H. The van der Waals surface area contributed by atoms with Gasteiger partial charge in [-0.3, -0.25) is 4.79 Å². The van der Waals surface area contributed by atoms with Crippen LogP contribution in [0.3, 0.4) is 0 Å². The van der Waals surface area contributed by atoms with Gasteiger partial charge in [-0.2, -0.15) is 0 Å². The molecule has 7 heteroatoms. The Kier molecular flexibility index (Phi) is 7.57. The van der Waals surface area contributed by atoms with Crippen LogP contribution >= 0.6 is 24.0 Å². The molecule has 1 heterocycles. The van der Waals surface area contributed by atoms with E-state index in [1.165, 1.54) is 0 Å². The number of rotatable bonds is 6. The molecule has 3 rings (SSSR count). The van der Waals surface area contributed by atoms with Crippen LogP contribution in [0.25, 0.3) is 0 Å². The molecule has 0 aromatic heterocycles. The molecule has 1 unspecified atom stereocenters. The first-order chi connectivity index (χ1) is 12.2. The summed E-state index contributed by atoms with van der Waals surface area (Å²) >= 11 is 6.38. The van der Waals surface area contributed by atoms with Crippen LogP contribution in [0.1, 0.15) is 23.6 Å². The average molecular weight is 397 g/mol. The molecule has 0 bridgehead atoms. The van der Waals surface area contributed by atoms with Crippen molar-refractivity contribution in [3.8, 4) is 11.5 Å². The van der Waals surface area contributed by atoms with E-state index < -0.39 is 0 Å². The second-order valence-corrected chi connectivity index (χ2v) is 6.19. The molecular formula is C19H22Cl2N2O3. The summed E-state index contributed by atoms with van der Waals surface area (Å²) in [7, 11) is 1.82. The fourth-order valence-corrected chi connectivity index (χ4v) is 3.01. The number of halogens is 2. The van der Waals surface area contributed by atoms with Crippen LogP contribution in [0.5, 0.6) is 11.5 Å². The summed E-state index contributed by atoms with van der Waals surface area (Å²) in [6.07, 6.45) is 0.391. The third kappa shape index (κ3) is 4.81. The normalized spacial score (nSPS) is 13.5. The van der Waals surface area contributed by atoms with E-state index in [4.69, 9.17) is 21.1 Å². The third-order valence-electron chi connectivity index (χ3n) is 4.02. The van der Waals surface area contributed by atoms with Crippen molar-refractivity contribution < 1.29 is 14.3 Å². The van der Waals surface area contributed by atoms with Crippen LogP contribution in [0.4, 0.5) is 0 Å². The fraction of sp³-hybridized carbons (Fsp3) is 0.316. The summed E-state index contributed by atoms with van der Waals surface area (Å²) in [4.78, 5) is 12.3. The molecule has 1 aliphatic heterocycles. The predicted molar refractivity (Wildman–Crippen MR) is 105 cm³/mol.